The van der Waals surface area contributed by atoms with Gasteiger partial charge in [0, 0.05) is 57.3 Å². The number of alkyl carbamates (subject to hydrolysis) is 1. The van der Waals surface area contributed by atoms with Gasteiger partial charge in [0.2, 0.25) is 0 Å². The summed E-state index contributed by atoms with van der Waals surface area (Å²) >= 11 is 0. The van der Waals surface area contributed by atoms with E-state index >= 15 is 0 Å². The van der Waals surface area contributed by atoms with Gasteiger partial charge < -0.3 is 29.7 Å². The van der Waals surface area contributed by atoms with Crippen molar-refractivity contribution in [1.82, 2.24) is 15.5 Å². The smallest absolute Gasteiger partial charge is 0.407 e. The minimum atomic E-state index is -0.467. The number of carbonyl (C=O) groups excluding carboxylic acids is 1. The third-order valence-corrected chi connectivity index (χ3v) is 6.68. The second-order valence-corrected chi connectivity index (χ2v) is 10.6. The highest BCUT2D eigenvalue weighted by atomic mass is 16.6. The summed E-state index contributed by atoms with van der Waals surface area (Å²) in [5.41, 5.74) is -0.323. The van der Waals surface area contributed by atoms with Crippen LogP contribution in [0.3, 0.4) is 0 Å². The second-order valence-electron chi connectivity index (χ2n) is 10.6. The molecule has 2 saturated heterocycles. The summed E-state index contributed by atoms with van der Waals surface area (Å²) in [5.74, 6) is 1.60. The average molecular weight is 439 g/mol. The Hall–Kier alpha value is -1.54. The molecule has 178 valence electrons. The molecule has 8 nitrogen and oxygen atoms in total. The molecule has 31 heavy (non-hydrogen) atoms. The highest BCUT2D eigenvalue weighted by molar-refractivity contribution is 5.80. The lowest BCUT2D eigenvalue weighted by Gasteiger charge is -2.55. The lowest BCUT2D eigenvalue weighted by atomic mass is 9.57. The molecule has 1 saturated carbocycles. The van der Waals surface area contributed by atoms with E-state index in [1.807, 2.05) is 27.8 Å². The number of hydrogen-bond acceptors (Lipinski definition) is 5. The number of aliphatic imine (C=N–C) groups is 1. The van der Waals surface area contributed by atoms with Gasteiger partial charge >= 0.3 is 6.09 Å². The summed E-state index contributed by atoms with van der Waals surface area (Å²) in [7, 11) is 1.87. The lowest BCUT2D eigenvalue weighted by molar-refractivity contribution is -0.107. The highest BCUT2D eigenvalue weighted by Crippen LogP contribution is 2.52. The first-order chi connectivity index (χ1) is 14.6. The summed E-state index contributed by atoms with van der Waals surface area (Å²) in [6, 6.07) is 0.421. The van der Waals surface area contributed by atoms with Crippen LogP contribution in [0.1, 0.15) is 60.3 Å². The molecule has 3 atom stereocenters. The number of amides is 1. The Morgan fingerprint density at radius 1 is 1.23 bits per heavy atom. The third kappa shape index (κ3) is 6.04. The number of nitrogens with one attached hydrogen (secondary N) is 2. The van der Waals surface area contributed by atoms with Crippen molar-refractivity contribution in [3.63, 3.8) is 0 Å². The molecule has 2 heterocycles. The molecule has 1 aliphatic carbocycles. The molecule has 3 rings (SSSR count). The maximum Gasteiger partial charge on any atom is 0.407 e. The minimum absolute atomic E-state index is 0.145. The summed E-state index contributed by atoms with van der Waals surface area (Å²) < 4.78 is 17.2. The number of hydrogen-bond donors (Lipinski definition) is 2. The van der Waals surface area contributed by atoms with Crippen LogP contribution in [0.5, 0.6) is 0 Å². The topological polar surface area (TPSA) is 84.4 Å². The van der Waals surface area contributed by atoms with Gasteiger partial charge in [-0.15, -0.1) is 0 Å². The van der Waals surface area contributed by atoms with Gasteiger partial charge in [0.1, 0.15) is 5.60 Å². The molecular formula is C23H42N4O4. The molecule has 3 fully saturated rings. The van der Waals surface area contributed by atoms with E-state index in [9.17, 15) is 4.79 Å². The molecule has 1 amide bonds. The first-order valence-electron chi connectivity index (χ1n) is 11.8. The zero-order chi connectivity index (χ0) is 22.6. The van der Waals surface area contributed by atoms with Crippen LogP contribution >= 0.6 is 0 Å². The molecule has 2 aliphatic heterocycles. The van der Waals surface area contributed by atoms with Crippen LogP contribution in [-0.4, -0.2) is 80.7 Å². The fourth-order valence-corrected chi connectivity index (χ4v) is 5.11. The van der Waals surface area contributed by atoms with Crippen LogP contribution in [0.25, 0.3) is 0 Å². The van der Waals surface area contributed by atoms with Crippen LogP contribution in [-0.2, 0) is 14.2 Å². The van der Waals surface area contributed by atoms with Crippen LogP contribution in [0.15, 0.2) is 4.99 Å². The molecule has 3 aliphatic rings. The summed E-state index contributed by atoms with van der Waals surface area (Å²) in [5, 5.41) is 6.51. The van der Waals surface area contributed by atoms with Crippen molar-refractivity contribution in [3.05, 3.63) is 0 Å². The number of ether oxygens (including phenoxy) is 3. The molecule has 0 radical (unpaired) electrons. The van der Waals surface area contributed by atoms with Gasteiger partial charge in [-0.3, -0.25) is 4.99 Å². The number of fused-ring (bicyclic) bond motifs is 1. The van der Waals surface area contributed by atoms with Gasteiger partial charge in [-0.1, -0.05) is 13.8 Å². The molecule has 0 spiro atoms. The van der Waals surface area contributed by atoms with Crippen molar-refractivity contribution in [2.24, 2.45) is 16.3 Å². The van der Waals surface area contributed by atoms with E-state index in [0.717, 1.165) is 51.3 Å². The third-order valence-electron chi connectivity index (χ3n) is 6.68. The van der Waals surface area contributed by atoms with Crippen molar-refractivity contribution < 1.29 is 19.0 Å². The number of carbonyl (C=O) groups is 1. The van der Waals surface area contributed by atoms with Crippen molar-refractivity contribution in [2.45, 2.75) is 84.2 Å². The Morgan fingerprint density at radius 2 is 1.94 bits per heavy atom. The molecule has 0 aromatic rings. The molecule has 0 aromatic heterocycles. The standard InChI is InChI=1S/C23H42N4O4/c1-22(2,3)31-21(28)25-11-7-14-29-16-8-12-27(13-9-16)20(24-6)26-18-17-10-15-30-19(17)23(18,4)5/h16-19H,7-15H2,1-6H3,(H,24,26)(H,25,28). The van der Waals surface area contributed by atoms with Crippen molar-refractivity contribution in [1.29, 1.82) is 0 Å². The zero-order valence-corrected chi connectivity index (χ0v) is 20.2. The average Bonchev–Trinajstić information content (AvgIpc) is 3.15. The van der Waals surface area contributed by atoms with Gasteiger partial charge in [0.05, 0.1) is 12.2 Å². The SMILES string of the molecule is CN=C(NC1C2CCOC2C1(C)C)N1CCC(OCCCNC(=O)OC(C)(C)C)CC1. The van der Waals surface area contributed by atoms with E-state index < -0.39 is 5.60 Å². The maximum atomic E-state index is 11.7. The quantitative estimate of drug-likeness (QED) is 0.377. The Kier molecular flexibility index (Phi) is 7.73. The summed E-state index contributed by atoms with van der Waals surface area (Å²) in [6.45, 7) is 14.1. The minimum Gasteiger partial charge on any atom is -0.444 e. The summed E-state index contributed by atoms with van der Waals surface area (Å²) in [6.07, 6.45) is 4.18. The van der Waals surface area contributed by atoms with Crippen LogP contribution in [0.2, 0.25) is 0 Å². The zero-order valence-electron chi connectivity index (χ0n) is 20.2. The highest BCUT2D eigenvalue weighted by Gasteiger charge is 2.59. The number of piperidine rings is 1. The predicted octanol–water partition coefficient (Wildman–Crippen LogP) is 2.77. The van der Waals surface area contributed by atoms with Gasteiger partial charge in [0.25, 0.3) is 0 Å². The normalized spacial score (nSPS) is 28.6. The van der Waals surface area contributed by atoms with Gasteiger partial charge in [0.15, 0.2) is 5.96 Å². The monoisotopic (exact) mass is 438 g/mol. The van der Waals surface area contributed by atoms with E-state index in [2.05, 4.69) is 34.4 Å². The van der Waals surface area contributed by atoms with Crippen LogP contribution < -0.4 is 10.6 Å². The van der Waals surface area contributed by atoms with Crippen LogP contribution in [0, 0.1) is 11.3 Å². The fraction of sp³-hybridized carbons (Fsp3) is 0.913. The number of likely N-dealkylation sites (tertiary alicyclic amines) is 1. The number of rotatable bonds is 6. The lowest BCUT2D eigenvalue weighted by Crippen LogP contribution is -2.68. The largest absolute Gasteiger partial charge is 0.444 e. The van der Waals surface area contributed by atoms with Crippen LogP contribution in [0.4, 0.5) is 4.79 Å². The molecule has 3 unspecified atom stereocenters. The first kappa shape index (κ1) is 24.1. The second kappa shape index (κ2) is 9.94. The van der Waals surface area contributed by atoms with E-state index in [1.165, 1.54) is 0 Å². The predicted molar refractivity (Wildman–Crippen MR) is 121 cm³/mol. The Morgan fingerprint density at radius 3 is 2.58 bits per heavy atom. The van der Waals surface area contributed by atoms with E-state index in [-0.39, 0.29) is 17.6 Å². The first-order valence-corrected chi connectivity index (χ1v) is 11.8. The van der Waals surface area contributed by atoms with E-state index in [4.69, 9.17) is 14.2 Å². The van der Waals surface area contributed by atoms with Gasteiger partial charge in [-0.25, -0.2) is 4.79 Å². The molecule has 8 heteroatoms. The molecule has 2 N–H and O–H groups in total. The molecular weight excluding hydrogens is 396 g/mol. The van der Waals surface area contributed by atoms with Crippen molar-refractivity contribution >= 4 is 12.1 Å². The van der Waals surface area contributed by atoms with Gasteiger partial charge in [-0.2, -0.15) is 0 Å². The maximum absolute atomic E-state index is 11.7. The Labute approximate surface area is 187 Å². The van der Waals surface area contributed by atoms with E-state index in [1.54, 1.807) is 0 Å². The summed E-state index contributed by atoms with van der Waals surface area (Å²) in [4.78, 5) is 18.6. The Balaban J connectivity index is 1.32. The Bertz CT molecular complexity index is 638. The number of guanidine groups is 1. The van der Waals surface area contributed by atoms with Crippen molar-refractivity contribution in [2.75, 3.05) is 39.9 Å². The molecule has 0 bridgehead atoms. The van der Waals surface area contributed by atoms with E-state index in [0.29, 0.717) is 31.2 Å². The fourth-order valence-electron chi connectivity index (χ4n) is 5.11. The van der Waals surface area contributed by atoms with Crippen molar-refractivity contribution in [3.8, 4) is 0 Å². The number of nitrogens with zero attached hydrogens (tertiary/aromatic N) is 2. The van der Waals surface area contributed by atoms with Gasteiger partial charge in [-0.05, 0) is 46.5 Å². The molecule has 0 aromatic carbocycles.